The van der Waals surface area contributed by atoms with Gasteiger partial charge in [0, 0.05) is 24.0 Å². The van der Waals surface area contributed by atoms with Crippen molar-refractivity contribution in [2.24, 2.45) is 0 Å². The molecule has 0 spiro atoms. The summed E-state index contributed by atoms with van der Waals surface area (Å²) < 4.78 is 0. The van der Waals surface area contributed by atoms with Gasteiger partial charge in [-0.05, 0) is 36.4 Å². The van der Waals surface area contributed by atoms with E-state index in [0.717, 1.165) is 0 Å². The van der Waals surface area contributed by atoms with Crippen LogP contribution in [0, 0.1) is 0 Å². The molecule has 0 bridgehead atoms. The van der Waals surface area contributed by atoms with Crippen molar-refractivity contribution in [3.05, 3.63) is 53.6 Å². The topological polar surface area (TPSA) is 104 Å². The monoisotopic (exact) mass is 285 g/mol. The first-order chi connectivity index (χ1) is 10.0. The molecule has 0 atom stereocenters. The number of phenols is 1. The molecule has 0 saturated heterocycles. The summed E-state index contributed by atoms with van der Waals surface area (Å²) in [6, 6.07) is 10.6. The third-order valence-electron chi connectivity index (χ3n) is 2.89. The zero-order valence-electron chi connectivity index (χ0n) is 11.4. The van der Waals surface area contributed by atoms with Crippen LogP contribution < -0.4 is 16.4 Å². The van der Waals surface area contributed by atoms with Crippen molar-refractivity contribution < 1.29 is 14.7 Å². The van der Waals surface area contributed by atoms with Gasteiger partial charge in [-0.1, -0.05) is 6.07 Å². The molecule has 0 fully saturated rings. The zero-order valence-corrected chi connectivity index (χ0v) is 11.4. The number of hydrogen-bond donors (Lipinski definition) is 4. The van der Waals surface area contributed by atoms with Crippen LogP contribution in [0.1, 0.15) is 20.7 Å². The quantitative estimate of drug-likeness (QED) is 0.507. The maximum Gasteiger partial charge on any atom is 0.257 e. The molecule has 0 aliphatic heterocycles. The summed E-state index contributed by atoms with van der Waals surface area (Å²) in [5.74, 6) is -0.756. The number of carbonyl (C=O) groups excluding carboxylic acids is 2. The Morgan fingerprint density at radius 1 is 1.10 bits per heavy atom. The second kappa shape index (κ2) is 5.96. The van der Waals surface area contributed by atoms with Crippen molar-refractivity contribution in [1.29, 1.82) is 0 Å². The Hall–Kier alpha value is -3.02. The van der Waals surface area contributed by atoms with Crippen LogP contribution in [0.5, 0.6) is 5.75 Å². The van der Waals surface area contributed by atoms with E-state index in [1.54, 1.807) is 24.3 Å². The Kier molecular flexibility index (Phi) is 4.08. The first-order valence-corrected chi connectivity index (χ1v) is 6.23. The highest BCUT2D eigenvalue weighted by atomic mass is 16.3. The van der Waals surface area contributed by atoms with Crippen LogP contribution in [0.4, 0.5) is 11.4 Å². The third-order valence-corrected chi connectivity index (χ3v) is 2.89. The molecule has 2 rings (SSSR count). The normalized spacial score (nSPS) is 9.95. The lowest BCUT2D eigenvalue weighted by molar-refractivity contribution is 0.0961. The lowest BCUT2D eigenvalue weighted by Crippen LogP contribution is -2.18. The molecule has 6 heteroatoms. The van der Waals surface area contributed by atoms with E-state index in [-0.39, 0.29) is 22.9 Å². The molecule has 0 aliphatic rings. The summed E-state index contributed by atoms with van der Waals surface area (Å²) in [7, 11) is 1.53. The maximum absolute atomic E-state index is 12.1. The number of rotatable bonds is 3. The van der Waals surface area contributed by atoms with Gasteiger partial charge < -0.3 is 21.5 Å². The Morgan fingerprint density at radius 3 is 2.57 bits per heavy atom. The van der Waals surface area contributed by atoms with Gasteiger partial charge in [-0.25, -0.2) is 0 Å². The number of nitrogen functional groups attached to an aromatic ring is 1. The summed E-state index contributed by atoms with van der Waals surface area (Å²) in [5.41, 5.74) is 7.02. The van der Waals surface area contributed by atoms with E-state index in [9.17, 15) is 14.7 Å². The molecular formula is C15H15N3O3. The minimum atomic E-state index is -0.461. The van der Waals surface area contributed by atoms with E-state index in [1.807, 2.05) is 0 Å². The van der Waals surface area contributed by atoms with Crippen molar-refractivity contribution in [3.8, 4) is 5.75 Å². The summed E-state index contributed by atoms with van der Waals surface area (Å²) in [4.78, 5) is 23.7. The highest BCUT2D eigenvalue weighted by Gasteiger charge is 2.12. The summed E-state index contributed by atoms with van der Waals surface area (Å²) in [6.07, 6.45) is 0. The van der Waals surface area contributed by atoms with Gasteiger partial charge >= 0.3 is 0 Å². The number of carbonyl (C=O) groups is 2. The minimum absolute atomic E-state index is 0.0477. The summed E-state index contributed by atoms with van der Waals surface area (Å²) >= 11 is 0. The van der Waals surface area contributed by atoms with Crippen molar-refractivity contribution in [1.82, 2.24) is 5.32 Å². The fourth-order valence-corrected chi connectivity index (χ4v) is 1.82. The lowest BCUT2D eigenvalue weighted by atomic mass is 10.1. The van der Waals surface area contributed by atoms with E-state index in [0.29, 0.717) is 11.3 Å². The van der Waals surface area contributed by atoms with Gasteiger partial charge in [0.2, 0.25) is 0 Å². The number of hydrogen-bond acceptors (Lipinski definition) is 4. The van der Waals surface area contributed by atoms with Crippen molar-refractivity contribution in [2.75, 3.05) is 18.1 Å². The largest absolute Gasteiger partial charge is 0.508 e. The van der Waals surface area contributed by atoms with E-state index in [1.165, 1.54) is 25.2 Å². The van der Waals surface area contributed by atoms with Gasteiger partial charge in [-0.3, -0.25) is 9.59 Å². The van der Waals surface area contributed by atoms with Crippen molar-refractivity contribution in [2.45, 2.75) is 0 Å². The first kappa shape index (κ1) is 14.4. The molecule has 0 saturated carbocycles. The number of anilines is 2. The zero-order chi connectivity index (χ0) is 15.4. The first-order valence-electron chi connectivity index (χ1n) is 6.23. The molecule has 6 nitrogen and oxygen atoms in total. The van der Waals surface area contributed by atoms with Gasteiger partial charge in [0.1, 0.15) is 5.75 Å². The molecule has 0 unspecified atom stereocenters. The molecule has 2 amide bonds. The predicted molar refractivity (Wildman–Crippen MR) is 80.3 cm³/mol. The molecule has 108 valence electrons. The minimum Gasteiger partial charge on any atom is -0.508 e. The van der Waals surface area contributed by atoms with Crippen LogP contribution in [0.3, 0.4) is 0 Å². The molecule has 2 aromatic carbocycles. The Labute approximate surface area is 121 Å². The number of amides is 2. The lowest BCUT2D eigenvalue weighted by Gasteiger charge is -2.09. The molecule has 2 aromatic rings. The fraction of sp³-hybridized carbons (Fsp3) is 0.0667. The number of aromatic hydroxyl groups is 1. The molecule has 0 aromatic heterocycles. The number of nitrogens with one attached hydrogen (secondary N) is 2. The molecular weight excluding hydrogens is 270 g/mol. The average Bonchev–Trinajstić information content (AvgIpc) is 2.49. The van der Waals surface area contributed by atoms with Crippen molar-refractivity contribution in [3.63, 3.8) is 0 Å². The predicted octanol–water partition coefficient (Wildman–Crippen LogP) is 1.59. The highest BCUT2D eigenvalue weighted by Crippen LogP contribution is 2.20. The standard InChI is InChI=1S/C15H15N3O3/c1-17-14(20)9-3-2-4-10(7-9)18-15(21)12-8-11(19)5-6-13(12)16/h2-8,19H,16H2,1H3,(H,17,20)(H,18,21). The maximum atomic E-state index is 12.1. The molecule has 5 N–H and O–H groups in total. The van der Waals surface area contributed by atoms with Crippen LogP contribution in [-0.2, 0) is 0 Å². The van der Waals surface area contributed by atoms with Crippen LogP contribution in [0.15, 0.2) is 42.5 Å². The Bertz CT molecular complexity index is 698. The molecule has 21 heavy (non-hydrogen) atoms. The van der Waals surface area contributed by atoms with Gasteiger partial charge in [0.05, 0.1) is 5.56 Å². The second-order valence-corrected chi connectivity index (χ2v) is 4.39. The van der Waals surface area contributed by atoms with Gasteiger partial charge in [-0.15, -0.1) is 0 Å². The van der Waals surface area contributed by atoms with Crippen LogP contribution in [0.25, 0.3) is 0 Å². The van der Waals surface area contributed by atoms with E-state index >= 15 is 0 Å². The number of nitrogens with two attached hydrogens (primary N) is 1. The van der Waals surface area contributed by atoms with E-state index in [2.05, 4.69) is 10.6 Å². The van der Waals surface area contributed by atoms with Gasteiger partial charge in [0.25, 0.3) is 11.8 Å². The summed E-state index contributed by atoms with van der Waals surface area (Å²) in [6.45, 7) is 0. The van der Waals surface area contributed by atoms with Crippen LogP contribution in [0.2, 0.25) is 0 Å². The molecule has 0 aliphatic carbocycles. The van der Waals surface area contributed by atoms with Crippen LogP contribution >= 0.6 is 0 Å². The second-order valence-electron chi connectivity index (χ2n) is 4.39. The Morgan fingerprint density at radius 2 is 1.86 bits per heavy atom. The third kappa shape index (κ3) is 3.30. The SMILES string of the molecule is CNC(=O)c1cccc(NC(=O)c2cc(O)ccc2N)c1. The molecule has 0 heterocycles. The number of phenolic OH excluding ortho intramolecular Hbond substituents is 1. The molecule has 0 radical (unpaired) electrons. The summed E-state index contributed by atoms with van der Waals surface area (Å²) in [5, 5.41) is 14.6. The van der Waals surface area contributed by atoms with E-state index in [4.69, 9.17) is 5.73 Å². The van der Waals surface area contributed by atoms with Gasteiger partial charge in [-0.2, -0.15) is 0 Å². The van der Waals surface area contributed by atoms with E-state index < -0.39 is 5.91 Å². The Balaban J connectivity index is 2.23. The van der Waals surface area contributed by atoms with Crippen LogP contribution in [-0.4, -0.2) is 24.0 Å². The smallest absolute Gasteiger partial charge is 0.257 e. The highest BCUT2D eigenvalue weighted by molar-refractivity contribution is 6.08. The van der Waals surface area contributed by atoms with Crippen molar-refractivity contribution >= 4 is 23.2 Å². The number of benzene rings is 2. The van der Waals surface area contributed by atoms with Gasteiger partial charge in [0.15, 0.2) is 0 Å². The average molecular weight is 285 g/mol. The fourth-order valence-electron chi connectivity index (χ4n) is 1.82.